The van der Waals surface area contributed by atoms with Gasteiger partial charge < -0.3 is 9.47 Å². The summed E-state index contributed by atoms with van der Waals surface area (Å²) in [7, 11) is 0. The number of hydrogen-bond donors (Lipinski definition) is 0. The van der Waals surface area contributed by atoms with Gasteiger partial charge in [-0.05, 0) is 55.2 Å². The Hall–Kier alpha value is -1.71. The minimum atomic E-state index is -0.520. The molecule has 10 heteroatoms. The van der Waals surface area contributed by atoms with Crippen molar-refractivity contribution in [3.05, 3.63) is 56.9 Å². The summed E-state index contributed by atoms with van der Waals surface area (Å²) in [6, 6.07) is 10.8. The van der Waals surface area contributed by atoms with E-state index >= 15 is 0 Å². The first-order chi connectivity index (χ1) is 14.8. The van der Waals surface area contributed by atoms with E-state index in [1.54, 1.807) is 36.9 Å². The highest BCUT2D eigenvalue weighted by atomic mass is 35.5. The fourth-order valence-electron chi connectivity index (χ4n) is 2.73. The molecular weight excluding hydrogens is 497 g/mol. The quantitative estimate of drug-likeness (QED) is 0.193. The molecule has 0 bridgehead atoms. The molecule has 0 spiro atoms. The third-order valence-electron chi connectivity index (χ3n) is 4.06. The number of anilines is 1. The first-order valence-corrected chi connectivity index (χ1v) is 12.2. The normalized spacial score (nSPS) is 15.0. The number of carbonyl (C=O) groups excluding carboxylic acids is 2. The van der Waals surface area contributed by atoms with E-state index in [1.165, 1.54) is 16.7 Å². The van der Waals surface area contributed by atoms with E-state index < -0.39 is 5.97 Å². The van der Waals surface area contributed by atoms with Crippen LogP contribution in [-0.2, 0) is 14.3 Å². The average molecular weight is 514 g/mol. The highest BCUT2D eigenvalue weighted by Crippen LogP contribution is 2.39. The summed E-state index contributed by atoms with van der Waals surface area (Å²) in [4.78, 5) is 27.5. The number of ether oxygens (including phenoxy) is 2. The summed E-state index contributed by atoms with van der Waals surface area (Å²) >= 11 is 20.8. The summed E-state index contributed by atoms with van der Waals surface area (Å²) in [5.74, 6) is -0.564. The van der Waals surface area contributed by atoms with Gasteiger partial charge in [-0.15, -0.1) is 11.8 Å². The van der Waals surface area contributed by atoms with Crippen molar-refractivity contribution < 1.29 is 19.1 Å². The van der Waals surface area contributed by atoms with Crippen LogP contribution in [0.15, 0.2) is 46.2 Å². The Bertz CT molecular complexity index is 1050. The zero-order chi connectivity index (χ0) is 22.5. The third-order valence-corrected chi connectivity index (χ3v) is 6.65. The summed E-state index contributed by atoms with van der Waals surface area (Å²) < 4.78 is 10.6. The molecule has 31 heavy (non-hydrogen) atoms. The fraction of sp³-hybridized carbons (Fsp3) is 0.190. The number of nitrogens with zero attached hydrogens (tertiary/aromatic N) is 1. The number of esters is 1. The van der Waals surface area contributed by atoms with Crippen molar-refractivity contribution in [2.45, 2.75) is 11.8 Å². The number of benzene rings is 2. The van der Waals surface area contributed by atoms with Gasteiger partial charge in [0, 0.05) is 4.90 Å². The Balaban J connectivity index is 1.82. The van der Waals surface area contributed by atoms with Crippen molar-refractivity contribution in [2.75, 3.05) is 24.4 Å². The van der Waals surface area contributed by atoms with E-state index in [-0.39, 0.29) is 34.9 Å². The summed E-state index contributed by atoms with van der Waals surface area (Å²) in [5, 5.41) is 0.428. The number of thioether (sulfide) groups is 2. The van der Waals surface area contributed by atoms with Crippen LogP contribution >= 0.6 is 58.9 Å². The lowest BCUT2D eigenvalue weighted by Crippen LogP contribution is -2.27. The van der Waals surface area contributed by atoms with Crippen molar-refractivity contribution in [2.24, 2.45) is 0 Å². The lowest BCUT2D eigenvalue weighted by molar-refractivity contribution is -0.145. The van der Waals surface area contributed by atoms with E-state index in [4.69, 9.17) is 44.9 Å². The predicted octanol–water partition coefficient (Wildman–Crippen LogP) is 6.06. The van der Waals surface area contributed by atoms with Crippen LogP contribution in [0.5, 0.6) is 5.75 Å². The molecule has 1 saturated heterocycles. The second-order valence-electron chi connectivity index (χ2n) is 6.13. The molecule has 1 aliphatic heterocycles. The number of hydrogen-bond acceptors (Lipinski definition) is 7. The number of rotatable bonds is 7. The number of thiocarbonyl (C=S) groups is 1. The van der Waals surface area contributed by atoms with Gasteiger partial charge in [0.1, 0.15) is 0 Å². The van der Waals surface area contributed by atoms with Crippen molar-refractivity contribution in [3.8, 4) is 5.75 Å². The highest BCUT2D eigenvalue weighted by Gasteiger charge is 2.33. The molecule has 5 nitrogen and oxygen atoms in total. The van der Waals surface area contributed by atoms with Crippen LogP contribution in [0.2, 0.25) is 10.0 Å². The number of carbonyl (C=O) groups is 2. The molecule has 3 rings (SSSR count). The van der Waals surface area contributed by atoms with Gasteiger partial charge in [0.2, 0.25) is 0 Å². The highest BCUT2D eigenvalue weighted by molar-refractivity contribution is 8.27. The Morgan fingerprint density at radius 3 is 2.61 bits per heavy atom. The maximum Gasteiger partial charge on any atom is 0.344 e. The van der Waals surface area contributed by atoms with E-state index in [0.29, 0.717) is 14.8 Å². The molecule has 1 fully saturated rings. The number of amides is 1. The first-order valence-electron chi connectivity index (χ1n) is 9.03. The van der Waals surface area contributed by atoms with Crippen molar-refractivity contribution in [3.63, 3.8) is 0 Å². The Morgan fingerprint density at radius 2 is 1.97 bits per heavy atom. The smallest absolute Gasteiger partial charge is 0.344 e. The summed E-state index contributed by atoms with van der Waals surface area (Å²) in [6.45, 7) is 1.65. The van der Waals surface area contributed by atoms with Crippen LogP contribution in [0.1, 0.15) is 12.5 Å². The van der Waals surface area contributed by atoms with Crippen LogP contribution in [0.25, 0.3) is 6.08 Å². The van der Waals surface area contributed by atoms with Crippen molar-refractivity contribution >= 4 is 86.9 Å². The fourth-order valence-corrected chi connectivity index (χ4v) is 5.09. The molecule has 0 atom stereocenters. The summed E-state index contributed by atoms with van der Waals surface area (Å²) in [6.07, 6.45) is 3.64. The molecule has 0 radical (unpaired) electrons. The molecule has 2 aromatic carbocycles. The van der Waals surface area contributed by atoms with Gasteiger partial charge in [-0.25, -0.2) is 4.79 Å². The van der Waals surface area contributed by atoms with Gasteiger partial charge in [-0.3, -0.25) is 9.69 Å². The first kappa shape index (κ1) is 23.9. The zero-order valence-corrected chi connectivity index (χ0v) is 20.5. The molecule has 0 aliphatic carbocycles. The topological polar surface area (TPSA) is 55.8 Å². The standard InChI is InChI=1S/C21H17Cl2NO4S3/c1-3-27-18(25)11-28-19-15(22)7-12(8-16(19)23)9-17-20(26)24(21(29)31-17)13-5-4-6-14(10-13)30-2/h4-10H,3,11H2,1-2H3/b17-9-. The Kier molecular flexibility index (Phi) is 8.30. The van der Waals surface area contributed by atoms with Gasteiger partial charge in [0.15, 0.2) is 16.7 Å². The molecule has 2 aromatic rings. The van der Waals surface area contributed by atoms with E-state index in [0.717, 1.165) is 10.6 Å². The Labute approximate surface area is 204 Å². The van der Waals surface area contributed by atoms with Crippen LogP contribution < -0.4 is 9.64 Å². The zero-order valence-electron chi connectivity index (χ0n) is 16.5. The van der Waals surface area contributed by atoms with Gasteiger partial charge in [0.25, 0.3) is 5.91 Å². The largest absolute Gasteiger partial charge is 0.479 e. The lowest BCUT2D eigenvalue weighted by atomic mass is 10.2. The summed E-state index contributed by atoms with van der Waals surface area (Å²) in [5.41, 5.74) is 1.33. The SMILES string of the molecule is CCOC(=O)COc1c(Cl)cc(/C=C2\SC(=S)N(c3cccc(SC)c3)C2=O)cc1Cl. The predicted molar refractivity (Wildman–Crippen MR) is 132 cm³/mol. The van der Waals surface area contributed by atoms with Gasteiger partial charge in [0.05, 0.1) is 27.2 Å². The van der Waals surface area contributed by atoms with E-state index in [2.05, 4.69) is 0 Å². The minimum absolute atomic E-state index is 0.176. The van der Waals surface area contributed by atoms with Gasteiger partial charge in [-0.2, -0.15) is 0 Å². The molecular formula is C21H17Cl2NO4S3. The van der Waals surface area contributed by atoms with E-state index in [9.17, 15) is 9.59 Å². The molecule has 0 unspecified atom stereocenters. The minimum Gasteiger partial charge on any atom is -0.479 e. The maximum absolute atomic E-state index is 13.0. The molecule has 1 heterocycles. The van der Waals surface area contributed by atoms with E-state index in [1.807, 2.05) is 30.5 Å². The van der Waals surface area contributed by atoms with Crippen LogP contribution in [-0.4, -0.2) is 35.7 Å². The van der Waals surface area contributed by atoms with Crippen LogP contribution in [0, 0.1) is 0 Å². The average Bonchev–Trinajstić information content (AvgIpc) is 3.00. The molecule has 1 amide bonds. The molecule has 0 saturated carbocycles. The monoisotopic (exact) mass is 513 g/mol. The van der Waals surface area contributed by atoms with Gasteiger partial charge >= 0.3 is 5.97 Å². The molecule has 0 N–H and O–H groups in total. The lowest BCUT2D eigenvalue weighted by Gasteiger charge is -2.15. The Morgan fingerprint density at radius 1 is 1.26 bits per heavy atom. The second kappa shape index (κ2) is 10.7. The number of halogens is 2. The van der Waals surface area contributed by atoms with Crippen molar-refractivity contribution in [1.82, 2.24) is 0 Å². The van der Waals surface area contributed by atoms with Crippen LogP contribution in [0.3, 0.4) is 0 Å². The maximum atomic E-state index is 13.0. The van der Waals surface area contributed by atoms with Gasteiger partial charge in [-0.1, -0.05) is 53.2 Å². The molecule has 1 aliphatic rings. The molecule has 162 valence electrons. The molecule has 0 aromatic heterocycles. The van der Waals surface area contributed by atoms with Crippen molar-refractivity contribution in [1.29, 1.82) is 0 Å². The second-order valence-corrected chi connectivity index (χ2v) is 9.50. The third kappa shape index (κ3) is 5.75. The van der Waals surface area contributed by atoms with Crippen LogP contribution in [0.4, 0.5) is 5.69 Å².